The number of benzene rings is 1. The molecule has 0 fully saturated rings. The van der Waals surface area contributed by atoms with E-state index in [0.29, 0.717) is 0 Å². The van der Waals surface area contributed by atoms with E-state index in [1.807, 2.05) is 6.20 Å². The minimum absolute atomic E-state index is 1.09. The summed E-state index contributed by atoms with van der Waals surface area (Å²) >= 11 is 0. The Bertz CT molecular complexity index is 447. The standard InChI is InChI=1S/C19H25N/c1-3-5-7-16-9-11-17(12-10-16)18-13-14-19(20-15-18)8-6-4-2/h9-15H,3-8H2,1-2H3. The highest BCUT2D eigenvalue weighted by Crippen LogP contribution is 2.20. The summed E-state index contributed by atoms with van der Waals surface area (Å²) in [5.74, 6) is 0. The van der Waals surface area contributed by atoms with E-state index in [1.165, 1.54) is 54.5 Å². The van der Waals surface area contributed by atoms with E-state index in [4.69, 9.17) is 0 Å². The molecule has 2 aromatic rings. The fourth-order valence-electron chi connectivity index (χ4n) is 2.35. The van der Waals surface area contributed by atoms with Crippen LogP contribution in [0.1, 0.15) is 50.8 Å². The number of rotatable bonds is 7. The Morgan fingerprint density at radius 3 is 2.00 bits per heavy atom. The van der Waals surface area contributed by atoms with Gasteiger partial charge in [0.15, 0.2) is 0 Å². The van der Waals surface area contributed by atoms with Crippen molar-refractivity contribution in [2.75, 3.05) is 0 Å². The van der Waals surface area contributed by atoms with Gasteiger partial charge in [0.1, 0.15) is 0 Å². The van der Waals surface area contributed by atoms with Crippen molar-refractivity contribution in [3.63, 3.8) is 0 Å². The van der Waals surface area contributed by atoms with Gasteiger partial charge in [-0.15, -0.1) is 0 Å². The highest BCUT2D eigenvalue weighted by atomic mass is 14.7. The summed E-state index contributed by atoms with van der Waals surface area (Å²) in [7, 11) is 0. The summed E-state index contributed by atoms with van der Waals surface area (Å²) in [6.07, 6.45) is 9.25. The van der Waals surface area contributed by atoms with Crippen LogP contribution in [-0.4, -0.2) is 4.98 Å². The maximum absolute atomic E-state index is 4.56. The van der Waals surface area contributed by atoms with Gasteiger partial charge in [0.2, 0.25) is 0 Å². The van der Waals surface area contributed by atoms with Crippen molar-refractivity contribution in [3.8, 4) is 11.1 Å². The van der Waals surface area contributed by atoms with Crippen LogP contribution in [-0.2, 0) is 12.8 Å². The molecule has 1 heterocycles. The first kappa shape index (κ1) is 14.8. The van der Waals surface area contributed by atoms with Crippen molar-refractivity contribution in [2.24, 2.45) is 0 Å². The molecule has 0 spiro atoms. The van der Waals surface area contributed by atoms with Crippen LogP contribution in [0, 0.1) is 0 Å². The number of hydrogen-bond donors (Lipinski definition) is 0. The first-order valence-corrected chi connectivity index (χ1v) is 7.87. The lowest BCUT2D eigenvalue weighted by atomic mass is 10.0. The number of aromatic nitrogens is 1. The fourth-order valence-corrected chi connectivity index (χ4v) is 2.35. The number of hydrogen-bond acceptors (Lipinski definition) is 1. The molecule has 0 aliphatic rings. The molecule has 1 aromatic heterocycles. The summed E-state index contributed by atoms with van der Waals surface area (Å²) in [6, 6.07) is 13.3. The van der Waals surface area contributed by atoms with E-state index in [-0.39, 0.29) is 0 Å². The highest BCUT2D eigenvalue weighted by molar-refractivity contribution is 5.62. The van der Waals surface area contributed by atoms with E-state index >= 15 is 0 Å². The van der Waals surface area contributed by atoms with E-state index in [1.54, 1.807) is 0 Å². The average Bonchev–Trinajstić information content (AvgIpc) is 2.52. The molecule has 0 aliphatic heterocycles. The first-order valence-electron chi connectivity index (χ1n) is 7.87. The van der Waals surface area contributed by atoms with Gasteiger partial charge in [0.25, 0.3) is 0 Å². The summed E-state index contributed by atoms with van der Waals surface area (Å²) in [5, 5.41) is 0. The monoisotopic (exact) mass is 267 g/mol. The second-order valence-corrected chi connectivity index (χ2v) is 5.44. The molecule has 0 saturated carbocycles. The quantitative estimate of drug-likeness (QED) is 0.651. The van der Waals surface area contributed by atoms with E-state index in [9.17, 15) is 0 Å². The lowest BCUT2D eigenvalue weighted by Crippen LogP contribution is -1.90. The van der Waals surface area contributed by atoms with Crippen molar-refractivity contribution >= 4 is 0 Å². The van der Waals surface area contributed by atoms with Gasteiger partial charge in [-0.05, 0) is 42.9 Å². The van der Waals surface area contributed by atoms with E-state index < -0.39 is 0 Å². The van der Waals surface area contributed by atoms with Crippen LogP contribution < -0.4 is 0 Å². The van der Waals surface area contributed by atoms with Gasteiger partial charge in [-0.3, -0.25) is 4.98 Å². The van der Waals surface area contributed by atoms with Crippen molar-refractivity contribution in [2.45, 2.75) is 52.4 Å². The van der Waals surface area contributed by atoms with Gasteiger partial charge in [-0.2, -0.15) is 0 Å². The zero-order valence-corrected chi connectivity index (χ0v) is 12.7. The van der Waals surface area contributed by atoms with Crippen LogP contribution in [0.2, 0.25) is 0 Å². The van der Waals surface area contributed by atoms with Gasteiger partial charge in [0.05, 0.1) is 0 Å². The molecule has 0 saturated heterocycles. The van der Waals surface area contributed by atoms with Gasteiger partial charge < -0.3 is 0 Å². The van der Waals surface area contributed by atoms with Gasteiger partial charge in [-0.25, -0.2) is 0 Å². The molecule has 1 heteroatoms. The van der Waals surface area contributed by atoms with Crippen LogP contribution in [0.5, 0.6) is 0 Å². The molecule has 0 amide bonds. The predicted molar refractivity (Wildman–Crippen MR) is 86.9 cm³/mol. The Balaban J connectivity index is 2.03. The topological polar surface area (TPSA) is 12.9 Å². The summed E-state index contributed by atoms with van der Waals surface area (Å²) < 4.78 is 0. The third-order valence-electron chi connectivity index (χ3n) is 3.72. The molecule has 0 N–H and O–H groups in total. The second-order valence-electron chi connectivity index (χ2n) is 5.44. The Hall–Kier alpha value is -1.63. The Labute approximate surface area is 123 Å². The van der Waals surface area contributed by atoms with Crippen LogP contribution in [0.3, 0.4) is 0 Å². The molecule has 0 bridgehead atoms. The molecule has 106 valence electrons. The number of nitrogens with zero attached hydrogens (tertiary/aromatic N) is 1. The fraction of sp³-hybridized carbons (Fsp3) is 0.421. The lowest BCUT2D eigenvalue weighted by Gasteiger charge is -2.05. The minimum atomic E-state index is 1.09. The van der Waals surface area contributed by atoms with Gasteiger partial charge in [-0.1, -0.05) is 57.0 Å². The first-order chi connectivity index (χ1) is 9.83. The highest BCUT2D eigenvalue weighted by Gasteiger charge is 2.00. The maximum atomic E-state index is 4.56. The second kappa shape index (κ2) is 7.84. The van der Waals surface area contributed by atoms with Crippen LogP contribution in [0.15, 0.2) is 42.6 Å². The smallest absolute Gasteiger partial charge is 0.0404 e. The third-order valence-corrected chi connectivity index (χ3v) is 3.72. The van der Waals surface area contributed by atoms with Crippen molar-refractivity contribution in [1.29, 1.82) is 0 Å². The lowest BCUT2D eigenvalue weighted by molar-refractivity contribution is 0.777. The maximum Gasteiger partial charge on any atom is 0.0404 e. The van der Waals surface area contributed by atoms with E-state index in [0.717, 1.165) is 6.42 Å². The molecule has 0 atom stereocenters. The van der Waals surface area contributed by atoms with Gasteiger partial charge in [0, 0.05) is 17.5 Å². The van der Waals surface area contributed by atoms with Gasteiger partial charge >= 0.3 is 0 Å². The van der Waals surface area contributed by atoms with Crippen LogP contribution in [0.4, 0.5) is 0 Å². The number of pyridine rings is 1. The zero-order chi connectivity index (χ0) is 14.2. The molecular formula is C19H25N. The van der Waals surface area contributed by atoms with Crippen LogP contribution in [0.25, 0.3) is 11.1 Å². The zero-order valence-electron chi connectivity index (χ0n) is 12.7. The summed E-state index contributed by atoms with van der Waals surface area (Å²) in [6.45, 7) is 4.45. The van der Waals surface area contributed by atoms with E-state index in [2.05, 4.69) is 55.2 Å². The Morgan fingerprint density at radius 2 is 1.40 bits per heavy atom. The normalized spacial score (nSPS) is 10.7. The number of unbranched alkanes of at least 4 members (excludes halogenated alkanes) is 2. The Kier molecular flexibility index (Phi) is 5.79. The molecule has 0 radical (unpaired) electrons. The average molecular weight is 267 g/mol. The SMILES string of the molecule is CCCCc1ccc(-c2ccc(CCCC)nc2)cc1. The predicted octanol–water partition coefficient (Wildman–Crippen LogP) is 5.43. The molecule has 20 heavy (non-hydrogen) atoms. The van der Waals surface area contributed by atoms with Crippen molar-refractivity contribution < 1.29 is 0 Å². The Morgan fingerprint density at radius 1 is 0.750 bits per heavy atom. The molecule has 2 rings (SSSR count). The summed E-state index contributed by atoms with van der Waals surface area (Å²) in [5.41, 5.74) is 5.12. The molecule has 0 unspecified atom stereocenters. The van der Waals surface area contributed by atoms with Crippen LogP contribution >= 0.6 is 0 Å². The van der Waals surface area contributed by atoms with Crippen molar-refractivity contribution in [3.05, 3.63) is 53.9 Å². The summed E-state index contributed by atoms with van der Waals surface area (Å²) in [4.78, 5) is 4.56. The number of aryl methyl sites for hydroxylation is 2. The molecule has 0 aliphatic carbocycles. The molecule has 1 nitrogen and oxygen atoms in total. The molecule has 1 aromatic carbocycles. The van der Waals surface area contributed by atoms with Crippen molar-refractivity contribution in [1.82, 2.24) is 4.98 Å². The minimum Gasteiger partial charge on any atom is -0.261 e. The molecular weight excluding hydrogens is 242 g/mol. The largest absolute Gasteiger partial charge is 0.261 e. The third kappa shape index (κ3) is 4.19.